The van der Waals surface area contributed by atoms with Crippen LogP contribution < -0.4 is 10.6 Å². The average molecular weight is 253 g/mol. The van der Waals surface area contributed by atoms with Gasteiger partial charge in [-0.3, -0.25) is 0 Å². The molecule has 0 spiro atoms. The van der Waals surface area contributed by atoms with E-state index in [0.717, 1.165) is 36.1 Å². The number of nitrogen functional groups attached to an aromatic ring is 1. The molecule has 0 amide bonds. The summed E-state index contributed by atoms with van der Waals surface area (Å²) in [6, 6.07) is 3.92. The first kappa shape index (κ1) is 12.6. The van der Waals surface area contributed by atoms with E-state index in [1.54, 1.807) is 0 Å². The molecule has 1 aliphatic heterocycles. The standard InChI is InChI=1S/C14H21ClN2/c1-3-11-8-12(16)9-13(15)14(11)17-6-4-10(2)5-7-17/h8-10H,3-7,16H2,1-2H3. The van der Waals surface area contributed by atoms with Crippen LogP contribution >= 0.6 is 11.6 Å². The van der Waals surface area contributed by atoms with Gasteiger partial charge in [-0.05, 0) is 42.9 Å². The first-order valence-corrected chi connectivity index (χ1v) is 6.82. The van der Waals surface area contributed by atoms with Crippen molar-refractivity contribution in [2.24, 2.45) is 5.92 Å². The van der Waals surface area contributed by atoms with Gasteiger partial charge in [0, 0.05) is 18.8 Å². The van der Waals surface area contributed by atoms with Crippen molar-refractivity contribution in [1.82, 2.24) is 0 Å². The largest absolute Gasteiger partial charge is 0.399 e. The highest BCUT2D eigenvalue weighted by molar-refractivity contribution is 6.33. The minimum absolute atomic E-state index is 0.765. The van der Waals surface area contributed by atoms with Crippen molar-refractivity contribution in [3.63, 3.8) is 0 Å². The summed E-state index contributed by atoms with van der Waals surface area (Å²) >= 11 is 6.36. The summed E-state index contributed by atoms with van der Waals surface area (Å²) < 4.78 is 0. The predicted molar refractivity (Wildman–Crippen MR) is 75.9 cm³/mol. The van der Waals surface area contributed by atoms with Crippen molar-refractivity contribution in [1.29, 1.82) is 0 Å². The fourth-order valence-electron chi connectivity index (χ4n) is 2.54. The molecule has 0 bridgehead atoms. The number of hydrogen-bond acceptors (Lipinski definition) is 2. The zero-order valence-electron chi connectivity index (χ0n) is 10.7. The van der Waals surface area contributed by atoms with Gasteiger partial charge in [-0.2, -0.15) is 0 Å². The van der Waals surface area contributed by atoms with E-state index in [-0.39, 0.29) is 0 Å². The minimum Gasteiger partial charge on any atom is -0.399 e. The van der Waals surface area contributed by atoms with Crippen molar-refractivity contribution in [3.05, 3.63) is 22.7 Å². The maximum absolute atomic E-state index is 6.36. The van der Waals surface area contributed by atoms with E-state index in [9.17, 15) is 0 Å². The molecule has 1 aromatic rings. The normalized spacial score (nSPS) is 17.5. The number of hydrogen-bond donors (Lipinski definition) is 1. The van der Waals surface area contributed by atoms with Gasteiger partial charge in [-0.1, -0.05) is 25.4 Å². The molecular formula is C14H21ClN2. The summed E-state index contributed by atoms with van der Waals surface area (Å²) in [5.74, 6) is 0.837. The van der Waals surface area contributed by atoms with Crippen LogP contribution in [-0.4, -0.2) is 13.1 Å². The number of aryl methyl sites for hydroxylation is 1. The molecule has 2 nitrogen and oxygen atoms in total. The predicted octanol–water partition coefficient (Wildman–Crippen LogP) is 3.72. The third-order valence-corrected chi connectivity index (χ3v) is 3.93. The van der Waals surface area contributed by atoms with Crippen LogP contribution in [0.25, 0.3) is 0 Å². The van der Waals surface area contributed by atoms with Gasteiger partial charge >= 0.3 is 0 Å². The van der Waals surface area contributed by atoms with Crippen molar-refractivity contribution in [2.45, 2.75) is 33.1 Å². The topological polar surface area (TPSA) is 29.3 Å². The van der Waals surface area contributed by atoms with Crippen molar-refractivity contribution in [3.8, 4) is 0 Å². The Hall–Kier alpha value is -0.890. The molecule has 1 fully saturated rings. The average Bonchev–Trinajstić information content (AvgIpc) is 2.30. The summed E-state index contributed by atoms with van der Waals surface area (Å²) in [4.78, 5) is 2.42. The molecule has 0 aromatic heterocycles. The van der Waals surface area contributed by atoms with Crippen molar-refractivity contribution in [2.75, 3.05) is 23.7 Å². The van der Waals surface area contributed by atoms with Gasteiger partial charge in [0.25, 0.3) is 0 Å². The summed E-state index contributed by atoms with van der Waals surface area (Å²) in [5, 5.41) is 0.802. The van der Waals surface area contributed by atoms with Crippen LogP contribution in [0, 0.1) is 5.92 Å². The lowest BCUT2D eigenvalue weighted by molar-refractivity contribution is 0.438. The molecule has 1 aromatic carbocycles. The molecule has 1 aliphatic rings. The van der Waals surface area contributed by atoms with Gasteiger partial charge in [0.1, 0.15) is 0 Å². The van der Waals surface area contributed by atoms with Gasteiger partial charge in [0.2, 0.25) is 0 Å². The number of nitrogens with zero attached hydrogens (tertiary/aromatic N) is 1. The molecule has 2 rings (SSSR count). The second kappa shape index (κ2) is 5.18. The summed E-state index contributed by atoms with van der Waals surface area (Å²) in [6.07, 6.45) is 3.49. The molecule has 0 atom stereocenters. The highest BCUT2D eigenvalue weighted by Crippen LogP contribution is 2.35. The van der Waals surface area contributed by atoms with Crippen LogP contribution in [0.2, 0.25) is 5.02 Å². The number of nitrogens with two attached hydrogens (primary N) is 1. The van der Waals surface area contributed by atoms with Crippen LogP contribution in [0.4, 0.5) is 11.4 Å². The lowest BCUT2D eigenvalue weighted by atomic mass is 9.97. The first-order chi connectivity index (χ1) is 8.11. The smallest absolute Gasteiger partial charge is 0.0662 e. The fraction of sp³-hybridized carbons (Fsp3) is 0.571. The fourth-order valence-corrected chi connectivity index (χ4v) is 2.90. The number of piperidine rings is 1. The monoisotopic (exact) mass is 252 g/mol. The zero-order chi connectivity index (χ0) is 12.4. The molecule has 94 valence electrons. The third kappa shape index (κ3) is 2.68. The Morgan fingerprint density at radius 3 is 2.59 bits per heavy atom. The van der Waals surface area contributed by atoms with Gasteiger partial charge in [-0.25, -0.2) is 0 Å². The number of benzene rings is 1. The summed E-state index contributed by atoms with van der Waals surface area (Å²) in [6.45, 7) is 6.69. The Bertz CT molecular complexity index is 395. The van der Waals surface area contributed by atoms with Crippen LogP contribution in [0.15, 0.2) is 12.1 Å². The molecule has 0 aliphatic carbocycles. The molecule has 1 heterocycles. The first-order valence-electron chi connectivity index (χ1n) is 6.44. The second-order valence-electron chi connectivity index (χ2n) is 5.03. The Morgan fingerprint density at radius 1 is 1.35 bits per heavy atom. The highest BCUT2D eigenvalue weighted by Gasteiger charge is 2.20. The van der Waals surface area contributed by atoms with E-state index in [0.29, 0.717) is 0 Å². The van der Waals surface area contributed by atoms with E-state index in [1.165, 1.54) is 24.1 Å². The Balaban J connectivity index is 2.31. The van der Waals surface area contributed by atoms with E-state index < -0.39 is 0 Å². The van der Waals surface area contributed by atoms with Gasteiger partial charge in [-0.15, -0.1) is 0 Å². The number of rotatable bonds is 2. The molecular weight excluding hydrogens is 232 g/mol. The van der Waals surface area contributed by atoms with E-state index >= 15 is 0 Å². The quantitative estimate of drug-likeness (QED) is 0.813. The van der Waals surface area contributed by atoms with E-state index in [1.807, 2.05) is 6.07 Å². The minimum atomic E-state index is 0.765. The molecule has 3 heteroatoms. The van der Waals surface area contributed by atoms with E-state index in [2.05, 4.69) is 24.8 Å². The van der Waals surface area contributed by atoms with Crippen molar-refractivity contribution >= 4 is 23.0 Å². The van der Waals surface area contributed by atoms with Crippen LogP contribution in [0.3, 0.4) is 0 Å². The maximum Gasteiger partial charge on any atom is 0.0662 e. The molecule has 0 radical (unpaired) electrons. The van der Waals surface area contributed by atoms with Crippen LogP contribution in [-0.2, 0) is 6.42 Å². The van der Waals surface area contributed by atoms with Gasteiger partial charge in [0.05, 0.1) is 10.7 Å². The van der Waals surface area contributed by atoms with Gasteiger partial charge < -0.3 is 10.6 Å². The number of halogens is 1. The molecule has 0 saturated carbocycles. The Kier molecular flexibility index (Phi) is 3.82. The summed E-state index contributed by atoms with van der Waals surface area (Å²) in [5.41, 5.74) is 9.09. The highest BCUT2D eigenvalue weighted by atomic mass is 35.5. The maximum atomic E-state index is 6.36. The van der Waals surface area contributed by atoms with Crippen LogP contribution in [0.1, 0.15) is 32.3 Å². The molecule has 0 unspecified atom stereocenters. The van der Waals surface area contributed by atoms with Crippen LogP contribution in [0.5, 0.6) is 0 Å². The van der Waals surface area contributed by atoms with Gasteiger partial charge in [0.15, 0.2) is 0 Å². The molecule has 17 heavy (non-hydrogen) atoms. The van der Waals surface area contributed by atoms with Crippen molar-refractivity contribution < 1.29 is 0 Å². The SMILES string of the molecule is CCc1cc(N)cc(Cl)c1N1CCC(C)CC1. The lowest BCUT2D eigenvalue weighted by Gasteiger charge is -2.34. The molecule has 2 N–H and O–H groups in total. The zero-order valence-corrected chi connectivity index (χ0v) is 11.4. The molecule has 1 saturated heterocycles. The van der Waals surface area contributed by atoms with E-state index in [4.69, 9.17) is 17.3 Å². The Morgan fingerprint density at radius 2 is 2.00 bits per heavy atom. The lowest BCUT2D eigenvalue weighted by Crippen LogP contribution is -2.33. The summed E-state index contributed by atoms with van der Waals surface area (Å²) in [7, 11) is 0. The second-order valence-corrected chi connectivity index (χ2v) is 5.44. The Labute approximate surface area is 109 Å². The number of anilines is 2. The third-order valence-electron chi connectivity index (χ3n) is 3.65.